The van der Waals surface area contributed by atoms with Crippen LogP contribution in [-0.4, -0.2) is 4.40 Å². The summed E-state index contributed by atoms with van der Waals surface area (Å²) in [6.45, 7) is 0. The van der Waals surface area contributed by atoms with Crippen molar-refractivity contribution in [3.05, 3.63) is 188 Å². The van der Waals surface area contributed by atoms with Gasteiger partial charge in [-0.3, -0.25) is 0 Å². The topological polar surface area (TPSA) is 4.41 Å². The Balaban J connectivity index is 0.952. The van der Waals surface area contributed by atoms with E-state index < -0.39 is 0 Å². The average molecular weight is 622 g/mol. The Labute approximate surface area is 285 Å². The molecule has 1 nitrogen and oxygen atoms in total. The number of fused-ring (bicyclic) bond motifs is 6. The zero-order chi connectivity index (χ0) is 32.3. The fourth-order valence-electron chi connectivity index (χ4n) is 7.71. The first kappa shape index (κ1) is 27.7. The Kier molecular flexibility index (Phi) is 6.25. The van der Waals surface area contributed by atoms with Crippen LogP contribution >= 0.6 is 0 Å². The normalized spacial score (nSPS) is 11.7. The van der Waals surface area contributed by atoms with Gasteiger partial charge in [0.2, 0.25) is 0 Å². The summed E-state index contributed by atoms with van der Waals surface area (Å²) in [5.41, 5.74) is 16.1. The standard InChI is InChI=1S/C48H31N/c1-2-9-32(10-3-1)33-19-21-34(22-20-33)37-11-6-13-39(29-37)40-14-7-12-38(30-40)35-23-25-36(26-24-35)41-27-28-47-45(31-41)44-17-8-16-43-42-15-4-5-18-46(42)49(47)48(43)44/h1-31H. The van der Waals surface area contributed by atoms with Gasteiger partial charge in [0.1, 0.15) is 0 Å². The van der Waals surface area contributed by atoms with Crippen LogP contribution in [-0.2, 0) is 0 Å². The molecule has 0 spiro atoms. The minimum Gasteiger partial charge on any atom is -0.308 e. The highest BCUT2D eigenvalue weighted by Crippen LogP contribution is 2.40. The Morgan fingerprint density at radius 1 is 0.224 bits per heavy atom. The number of aromatic nitrogens is 1. The second-order valence-corrected chi connectivity index (χ2v) is 13.0. The predicted molar refractivity (Wildman–Crippen MR) is 208 cm³/mol. The van der Waals surface area contributed by atoms with Gasteiger partial charge in [0.15, 0.2) is 0 Å². The molecular formula is C48H31N. The molecule has 2 aromatic heterocycles. The average Bonchev–Trinajstić information content (AvgIpc) is 3.71. The van der Waals surface area contributed by atoms with E-state index in [-0.39, 0.29) is 0 Å². The fraction of sp³-hybridized carbons (Fsp3) is 0. The Bertz CT molecular complexity index is 2780. The zero-order valence-electron chi connectivity index (χ0n) is 26.8. The van der Waals surface area contributed by atoms with Crippen LogP contribution in [0.25, 0.3) is 93.7 Å². The molecule has 0 N–H and O–H groups in total. The minimum atomic E-state index is 1.21. The van der Waals surface area contributed by atoms with E-state index in [1.54, 1.807) is 0 Å². The fourth-order valence-corrected chi connectivity index (χ4v) is 7.71. The molecule has 0 fully saturated rings. The molecule has 0 atom stereocenters. The number of rotatable bonds is 5. The number of hydrogen-bond acceptors (Lipinski definition) is 0. The second-order valence-electron chi connectivity index (χ2n) is 13.0. The van der Waals surface area contributed by atoms with Crippen molar-refractivity contribution >= 4 is 38.1 Å². The van der Waals surface area contributed by atoms with Crippen molar-refractivity contribution in [2.45, 2.75) is 0 Å². The van der Waals surface area contributed by atoms with Crippen LogP contribution in [0.15, 0.2) is 188 Å². The van der Waals surface area contributed by atoms with Gasteiger partial charge in [0.25, 0.3) is 0 Å². The zero-order valence-corrected chi connectivity index (χ0v) is 26.8. The molecule has 0 amide bonds. The van der Waals surface area contributed by atoms with Crippen molar-refractivity contribution in [1.29, 1.82) is 0 Å². The number of benzene rings is 8. The van der Waals surface area contributed by atoms with Crippen molar-refractivity contribution in [2.75, 3.05) is 0 Å². The summed E-state index contributed by atoms with van der Waals surface area (Å²) >= 11 is 0. The van der Waals surface area contributed by atoms with Crippen molar-refractivity contribution in [1.82, 2.24) is 4.40 Å². The Morgan fingerprint density at radius 2 is 0.592 bits per heavy atom. The van der Waals surface area contributed by atoms with Gasteiger partial charge in [0, 0.05) is 21.5 Å². The quantitative estimate of drug-likeness (QED) is 0.180. The third-order valence-electron chi connectivity index (χ3n) is 10.2. The van der Waals surface area contributed by atoms with Crippen LogP contribution < -0.4 is 0 Å². The van der Waals surface area contributed by atoms with E-state index in [1.807, 2.05) is 0 Å². The minimum absolute atomic E-state index is 1.21. The molecule has 0 radical (unpaired) electrons. The van der Waals surface area contributed by atoms with Crippen molar-refractivity contribution in [2.24, 2.45) is 0 Å². The van der Waals surface area contributed by atoms with Gasteiger partial charge < -0.3 is 4.40 Å². The number of para-hydroxylation sites is 2. The van der Waals surface area contributed by atoms with Gasteiger partial charge in [-0.2, -0.15) is 0 Å². The summed E-state index contributed by atoms with van der Waals surface area (Å²) in [6.07, 6.45) is 0. The lowest BCUT2D eigenvalue weighted by atomic mass is 9.94. The van der Waals surface area contributed by atoms with Crippen LogP contribution in [0.5, 0.6) is 0 Å². The highest BCUT2D eigenvalue weighted by atomic mass is 14.9. The third-order valence-corrected chi connectivity index (χ3v) is 10.2. The lowest BCUT2D eigenvalue weighted by molar-refractivity contribution is 1.37. The maximum absolute atomic E-state index is 2.44. The number of hydrogen-bond donors (Lipinski definition) is 0. The summed E-state index contributed by atoms with van der Waals surface area (Å²) in [6, 6.07) is 68.6. The molecular weight excluding hydrogens is 591 g/mol. The first-order valence-electron chi connectivity index (χ1n) is 16.9. The van der Waals surface area contributed by atoms with E-state index in [0.29, 0.717) is 0 Å². The molecule has 0 aliphatic rings. The van der Waals surface area contributed by atoms with Gasteiger partial charge in [-0.05, 0) is 86.0 Å². The molecule has 0 saturated heterocycles. The number of nitrogens with zero attached hydrogens (tertiary/aromatic N) is 1. The highest BCUT2D eigenvalue weighted by molar-refractivity contribution is 6.23. The monoisotopic (exact) mass is 621 g/mol. The van der Waals surface area contributed by atoms with E-state index >= 15 is 0 Å². The van der Waals surface area contributed by atoms with E-state index in [0.717, 1.165) is 0 Å². The summed E-state index contributed by atoms with van der Waals surface area (Å²) in [5.74, 6) is 0. The molecule has 0 unspecified atom stereocenters. The van der Waals surface area contributed by atoms with E-state index in [9.17, 15) is 0 Å². The maximum Gasteiger partial charge on any atom is 0.0620 e. The predicted octanol–water partition coefficient (Wildman–Crippen LogP) is 13.2. The highest BCUT2D eigenvalue weighted by Gasteiger charge is 2.17. The molecule has 0 aliphatic carbocycles. The lowest BCUT2D eigenvalue weighted by Gasteiger charge is -2.10. The molecule has 8 aromatic carbocycles. The summed E-state index contributed by atoms with van der Waals surface area (Å²) in [4.78, 5) is 0. The van der Waals surface area contributed by atoms with Crippen LogP contribution in [0.3, 0.4) is 0 Å². The molecule has 228 valence electrons. The smallest absolute Gasteiger partial charge is 0.0620 e. The molecule has 2 heterocycles. The molecule has 0 saturated carbocycles. The lowest BCUT2D eigenvalue weighted by Crippen LogP contribution is -1.85. The van der Waals surface area contributed by atoms with Gasteiger partial charge in [-0.25, -0.2) is 0 Å². The summed E-state index contributed by atoms with van der Waals surface area (Å²) in [7, 11) is 0. The molecule has 1 heteroatoms. The van der Waals surface area contributed by atoms with Crippen molar-refractivity contribution in [3.8, 4) is 55.6 Å². The van der Waals surface area contributed by atoms with Crippen LogP contribution in [0.4, 0.5) is 0 Å². The third kappa shape index (κ3) is 4.55. The molecule has 10 aromatic rings. The van der Waals surface area contributed by atoms with Crippen LogP contribution in [0, 0.1) is 0 Å². The second kappa shape index (κ2) is 11.1. The first-order valence-corrected chi connectivity index (χ1v) is 16.9. The summed E-state index contributed by atoms with van der Waals surface area (Å²) < 4.78 is 2.44. The van der Waals surface area contributed by atoms with E-state index in [1.165, 1.54) is 93.7 Å². The van der Waals surface area contributed by atoms with Gasteiger partial charge in [-0.15, -0.1) is 0 Å². The van der Waals surface area contributed by atoms with Crippen LogP contribution in [0.1, 0.15) is 0 Å². The molecule has 0 bridgehead atoms. The van der Waals surface area contributed by atoms with E-state index in [4.69, 9.17) is 0 Å². The SMILES string of the molecule is c1ccc(-c2ccc(-c3cccc(-c4cccc(-c5ccc(-c6ccc7c(c6)c6cccc8c9ccccc9n7c86)cc5)c4)c3)cc2)cc1. The van der Waals surface area contributed by atoms with Crippen molar-refractivity contribution in [3.63, 3.8) is 0 Å². The first-order chi connectivity index (χ1) is 24.3. The summed E-state index contributed by atoms with van der Waals surface area (Å²) in [5, 5.41) is 5.25. The Hall–Kier alpha value is -6.44. The largest absolute Gasteiger partial charge is 0.308 e. The Morgan fingerprint density at radius 3 is 1.20 bits per heavy atom. The van der Waals surface area contributed by atoms with Crippen molar-refractivity contribution < 1.29 is 0 Å². The van der Waals surface area contributed by atoms with E-state index in [2.05, 4.69) is 192 Å². The van der Waals surface area contributed by atoms with Crippen LogP contribution in [0.2, 0.25) is 0 Å². The molecule has 49 heavy (non-hydrogen) atoms. The van der Waals surface area contributed by atoms with Gasteiger partial charge in [0.05, 0.1) is 16.6 Å². The maximum atomic E-state index is 2.44. The molecule has 0 aliphatic heterocycles. The molecule has 10 rings (SSSR count). The van der Waals surface area contributed by atoms with Gasteiger partial charge >= 0.3 is 0 Å². The van der Waals surface area contributed by atoms with Gasteiger partial charge in [-0.1, -0.05) is 158 Å².